The van der Waals surface area contributed by atoms with Crippen LogP contribution in [0.25, 0.3) is 0 Å². The normalized spacial score (nSPS) is 21.4. The van der Waals surface area contributed by atoms with E-state index in [0.29, 0.717) is 0 Å². The molecule has 1 fully saturated rings. The van der Waals surface area contributed by atoms with Crippen molar-refractivity contribution in [2.24, 2.45) is 0 Å². The zero-order valence-electron chi connectivity index (χ0n) is 9.94. The SMILES string of the molecule is CC(NC(=O)[C@H]1CCCCN1)c1cccs1.Cl. The van der Waals surface area contributed by atoms with Crippen LogP contribution in [0.2, 0.25) is 0 Å². The molecule has 1 unspecified atom stereocenters. The van der Waals surface area contributed by atoms with Gasteiger partial charge in [-0.3, -0.25) is 4.79 Å². The zero-order valence-corrected chi connectivity index (χ0v) is 11.6. The summed E-state index contributed by atoms with van der Waals surface area (Å²) in [5.41, 5.74) is 0. The first-order chi connectivity index (χ1) is 7.77. The zero-order chi connectivity index (χ0) is 11.4. The van der Waals surface area contributed by atoms with Gasteiger partial charge in [0.05, 0.1) is 12.1 Å². The fraction of sp³-hybridized carbons (Fsp3) is 0.583. The molecule has 1 saturated heterocycles. The number of halogens is 1. The average molecular weight is 275 g/mol. The molecule has 2 heterocycles. The quantitative estimate of drug-likeness (QED) is 0.889. The summed E-state index contributed by atoms with van der Waals surface area (Å²) in [6, 6.07) is 4.21. The minimum atomic E-state index is 0. The molecule has 1 aromatic rings. The van der Waals surface area contributed by atoms with Crippen molar-refractivity contribution in [1.82, 2.24) is 10.6 Å². The molecule has 2 rings (SSSR count). The fourth-order valence-electron chi connectivity index (χ4n) is 2.00. The van der Waals surface area contributed by atoms with Crippen LogP contribution in [0.15, 0.2) is 17.5 Å². The van der Waals surface area contributed by atoms with E-state index in [1.54, 1.807) is 11.3 Å². The van der Waals surface area contributed by atoms with Crippen molar-refractivity contribution in [2.75, 3.05) is 6.54 Å². The molecule has 5 heteroatoms. The van der Waals surface area contributed by atoms with Crippen LogP contribution in [0.3, 0.4) is 0 Å². The number of carbonyl (C=O) groups excluding carboxylic acids is 1. The molecular weight excluding hydrogens is 256 g/mol. The van der Waals surface area contributed by atoms with Gasteiger partial charge < -0.3 is 10.6 Å². The molecule has 1 aromatic heterocycles. The number of thiophene rings is 1. The number of amides is 1. The molecule has 1 aliphatic rings. The van der Waals surface area contributed by atoms with Gasteiger partial charge in [-0.15, -0.1) is 23.7 Å². The second-order valence-corrected chi connectivity index (χ2v) is 5.23. The van der Waals surface area contributed by atoms with Crippen molar-refractivity contribution >= 4 is 29.7 Å². The summed E-state index contributed by atoms with van der Waals surface area (Å²) < 4.78 is 0. The van der Waals surface area contributed by atoms with Crippen LogP contribution >= 0.6 is 23.7 Å². The lowest BCUT2D eigenvalue weighted by Crippen LogP contribution is -2.47. The first kappa shape index (κ1) is 14.5. The molecule has 17 heavy (non-hydrogen) atoms. The Morgan fingerprint density at radius 3 is 3.00 bits per heavy atom. The summed E-state index contributed by atoms with van der Waals surface area (Å²) in [5, 5.41) is 8.36. The molecule has 0 bridgehead atoms. The van der Waals surface area contributed by atoms with E-state index < -0.39 is 0 Å². The third kappa shape index (κ3) is 3.98. The van der Waals surface area contributed by atoms with Gasteiger partial charge in [-0.2, -0.15) is 0 Å². The van der Waals surface area contributed by atoms with Gasteiger partial charge in [0, 0.05) is 4.88 Å². The molecule has 0 spiro atoms. The lowest BCUT2D eigenvalue weighted by molar-refractivity contribution is -0.124. The van der Waals surface area contributed by atoms with Gasteiger partial charge >= 0.3 is 0 Å². The number of hydrogen-bond donors (Lipinski definition) is 2. The van der Waals surface area contributed by atoms with Crippen molar-refractivity contribution in [3.05, 3.63) is 22.4 Å². The Balaban J connectivity index is 0.00000144. The van der Waals surface area contributed by atoms with Gasteiger partial charge in [0.1, 0.15) is 0 Å². The van der Waals surface area contributed by atoms with Crippen LogP contribution in [0.4, 0.5) is 0 Å². The standard InChI is InChI=1S/C12H18N2OS.ClH/c1-9(11-6-4-8-16-11)14-12(15)10-5-2-3-7-13-10;/h4,6,8-10,13H,2-3,5,7H2,1H3,(H,14,15);1H/t9?,10-;/m1./s1. The Kier molecular flexibility index (Phi) is 5.95. The van der Waals surface area contributed by atoms with E-state index in [-0.39, 0.29) is 30.4 Å². The third-order valence-electron chi connectivity index (χ3n) is 2.96. The molecule has 0 aliphatic carbocycles. The maximum absolute atomic E-state index is 11.9. The Bertz CT molecular complexity index is 336. The van der Waals surface area contributed by atoms with E-state index in [1.807, 2.05) is 18.4 Å². The predicted octanol–water partition coefficient (Wildman–Crippen LogP) is 2.49. The summed E-state index contributed by atoms with van der Waals surface area (Å²) >= 11 is 1.68. The minimum Gasteiger partial charge on any atom is -0.347 e. The molecule has 96 valence electrons. The molecule has 2 atom stereocenters. The van der Waals surface area contributed by atoms with Gasteiger partial charge in [0.2, 0.25) is 5.91 Å². The summed E-state index contributed by atoms with van der Waals surface area (Å²) in [6.07, 6.45) is 3.30. The number of carbonyl (C=O) groups is 1. The van der Waals surface area contributed by atoms with E-state index in [4.69, 9.17) is 0 Å². The Morgan fingerprint density at radius 1 is 1.59 bits per heavy atom. The molecule has 0 aromatic carbocycles. The summed E-state index contributed by atoms with van der Waals surface area (Å²) in [4.78, 5) is 13.1. The fourth-order valence-corrected chi connectivity index (χ4v) is 2.73. The van der Waals surface area contributed by atoms with Crippen molar-refractivity contribution in [3.8, 4) is 0 Å². The van der Waals surface area contributed by atoms with Crippen LogP contribution in [0, 0.1) is 0 Å². The highest BCUT2D eigenvalue weighted by Crippen LogP contribution is 2.18. The maximum Gasteiger partial charge on any atom is 0.237 e. The lowest BCUT2D eigenvalue weighted by atomic mass is 10.0. The molecule has 1 aliphatic heterocycles. The molecular formula is C12H19ClN2OS. The highest BCUT2D eigenvalue weighted by atomic mass is 35.5. The smallest absolute Gasteiger partial charge is 0.237 e. The summed E-state index contributed by atoms with van der Waals surface area (Å²) in [6.45, 7) is 3.00. The molecule has 0 radical (unpaired) electrons. The van der Waals surface area contributed by atoms with Crippen molar-refractivity contribution in [1.29, 1.82) is 0 Å². The molecule has 0 saturated carbocycles. The number of rotatable bonds is 3. The predicted molar refractivity (Wildman–Crippen MR) is 73.8 cm³/mol. The molecule has 3 nitrogen and oxygen atoms in total. The van der Waals surface area contributed by atoms with Crippen LogP contribution in [-0.2, 0) is 4.79 Å². The average Bonchev–Trinajstić information content (AvgIpc) is 2.83. The first-order valence-electron chi connectivity index (χ1n) is 5.84. The third-order valence-corrected chi connectivity index (χ3v) is 4.01. The van der Waals surface area contributed by atoms with Crippen LogP contribution in [0.1, 0.15) is 37.1 Å². The van der Waals surface area contributed by atoms with Crippen molar-refractivity contribution in [2.45, 2.75) is 38.3 Å². The summed E-state index contributed by atoms with van der Waals surface area (Å²) in [5.74, 6) is 0.139. The van der Waals surface area contributed by atoms with E-state index in [2.05, 4.69) is 16.7 Å². The Morgan fingerprint density at radius 2 is 2.41 bits per heavy atom. The first-order valence-corrected chi connectivity index (χ1v) is 6.72. The van der Waals surface area contributed by atoms with Crippen LogP contribution < -0.4 is 10.6 Å². The lowest BCUT2D eigenvalue weighted by Gasteiger charge is -2.24. The van der Waals surface area contributed by atoms with Crippen molar-refractivity contribution in [3.63, 3.8) is 0 Å². The second kappa shape index (κ2) is 6.99. The van der Waals surface area contributed by atoms with Gasteiger partial charge in [0.25, 0.3) is 0 Å². The maximum atomic E-state index is 11.9. The van der Waals surface area contributed by atoms with E-state index in [0.717, 1.165) is 19.4 Å². The second-order valence-electron chi connectivity index (χ2n) is 4.25. The van der Waals surface area contributed by atoms with Crippen molar-refractivity contribution < 1.29 is 4.79 Å². The highest BCUT2D eigenvalue weighted by molar-refractivity contribution is 7.10. The monoisotopic (exact) mass is 274 g/mol. The van der Waals surface area contributed by atoms with Crippen LogP contribution in [-0.4, -0.2) is 18.5 Å². The largest absolute Gasteiger partial charge is 0.347 e. The summed E-state index contributed by atoms with van der Waals surface area (Å²) in [7, 11) is 0. The molecule has 1 amide bonds. The number of piperidine rings is 1. The van der Waals surface area contributed by atoms with E-state index in [9.17, 15) is 4.79 Å². The van der Waals surface area contributed by atoms with Crippen LogP contribution in [0.5, 0.6) is 0 Å². The Hall–Kier alpha value is -0.580. The number of hydrogen-bond acceptors (Lipinski definition) is 3. The van der Waals surface area contributed by atoms with E-state index >= 15 is 0 Å². The van der Waals surface area contributed by atoms with Gasteiger partial charge in [-0.25, -0.2) is 0 Å². The van der Waals surface area contributed by atoms with Gasteiger partial charge in [0.15, 0.2) is 0 Å². The highest BCUT2D eigenvalue weighted by Gasteiger charge is 2.22. The molecule has 2 N–H and O–H groups in total. The van der Waals surface area contributed by atoms with Gasteiger partial charge in [-0.05, 0) is 37.8 Å². The number of nitrogens with one attached hydrogen (secondary N) is 2. The van der Waals surface area contributed by atoms with Gasteiger partial charge in [-0.1, -0.05) is 12.5 Å². The van der Waals surface area contributed by atoms with E-state index in [1.165, 1.54) is 11.3 Å². The minimum absolute atomic E-state index is 0. The topological polar surface area (TPSA) is 41.1 Å². The Labute approximate surface area is 112 Å².